The highest BCUT2D eigenvalue weighted by molar-refractivity contribution is 6.39. The number of hydrogen-bond donors (Lipinski definition) is 3. The molecule has 0 radical (unpaired) electrons. The van der Waals surface area contributed by atoms with Crippen LogP contribution in [0.2, 0.25) is 0 Å². The van der Waals surface area contributed by atoms with E-state index in [4.69, 9.17) is 9.47 Å². The molecule has 0 atom stereocenters. The number of nitrogens with zero attached hydrogens (tertiary/aromatic N) is 1. The minimum absolute atomic E-state index is 0.0442. The third kappa shape index (κ3) is 4.71. The molecule has 25 heavy (non-hydrogen) atoms. The average molecular weight is 343 g/mol. The number of benzene rings is 2. The standard InChI is InChI=1S/C17H17N3O5/c1-24-12-7-8-14(21)11(9-12)10-18-20-17(23)16(22)19-13-5-3-4-6-15(13)25-2/h3-10,21H,1-2H3,(H,19,22)(H,20,23)/b18-10-. The highest BCUT2D eigenvalue weighted by Gasteiger charge is 2.15. The van der Waals surface area contributed by atoms with Crippen molar-refractivity contribution >= 4 is 23.7 Å². The number of nitrogens with one attached hydrogen (secondary N) is 2. The second kappa shape index (κ2) is 8.34. The van der Waals surface area contributed by atoms with Crippen LogP contribution in [0.4, 0.5) is 5.69 Å². The topological polar surface area (TPSA) is 109 Å². The van der Waals surface area contributed by atoms with Gasteiger partial charge in [0, 0.05) is 5.56 Å². The van der Waals surface area contributed by atoms with Crippen LogP contribution >= 0.6 is 0 Å². The smallest absolute Gasteiger partial charge is 0.329 e. The molecule has 0 spiro atoms. The first-order chi connectivity index (χ1) is 12.0. The first kappa shape index (κ1) is 17.8. The number of hydrazone groups is 1. The van der Waals surface area contributed by atoms with Gasteiger partial charge < -0.3 is 19.9 Å². The van der Waals surface area contributed by atoms with Gasteiger partial charge in [0.25, 0.3) is 0 Å². The Morgan fingerprint density at radius 3 is 2.56 bits per heavy atom. The number of rotatable bonds is 5. The van der Waals surface area contributed by atoms with E-state index in [0.29, 0.717) is 22.7 Å². The number of phenols is 1. The van der Waals surface area contributed by atoms with Crippen molar-refractivity contribution in [3.63, 3.8) is 0 Å². The van der Waals surface area contributed by atoms with Crippen molar-refractivity contribution in [1.82, 2.24) is 5.43 Å². The molecule has 2 amide bonds. The van der Waals surface area contributed by atoms with Gasteiger partial charge in [-0.15, -0.1) is 0 Å². The van der Waals surface area contributed by atoms with Crippen molar-refractivity contribution in [1.29, 1.82) is 0 Å². The summed E-state index contributed by atoms with van der Waals surface area (Å²) in [5, 5.41) is 15.8. The molecule has 130 valence electrons. The van der Waals surface area contributed by atoms with Gasteiger partial charge in [0.1, 0.15) is 17.2 Å². The zero-order chi connectivity index (χ0) is 18.2. The highest BCUT2D eigenvalue weighted by atomic mass is 16.5. The quantitative estimate of drug-likeness (QED) is 0.433. The summed E-state index contributed by atoms with van der Waals surface area (Å²) >= 11 is 0. The molecule has 0 saturated carbocycles. The first-order valence-electron chi connectivity index (χ1n) is 7.19. The fourth-order valence-corrected chi connectivity index (χ4v) is 1.90. The van der Waals surface area contributed by atoms with Gasteiger partial charge in [-0.1, -0.05) is 12.1 Å². The fraction of sp³-hybridized carbons (Fsp3) is 0.118. The molecule has 0 fully saturated rings. The maximum atomic E-state index is 11.9. The van der Waals surface area contributed by atoms with Gasteiger partial charge in [-0.3, -0.25) is 9.59 Å². The summed E-state index contributed by atoms with van der Waals surface area (Å²) in [6.07, 6.45) is 1.20. The molecule has 0 aliphatic rings. The molecular weight excluding hydrogens is 326 g/mol. The Balaban J connectivity index is 1.99. The van der Waals surface area contributed by atoms with E-state index in [9.17, 15) is 14.7 Å². The SMILES string of the molecule is COc1ccc(O)c(/C=N\NC(=O)C(=O)Nc2ccccc2OC)c1. The summed E-state index contributed by atoms with van der Waals surface area (Å²) in [7, 11) is 2.94. The molecule has 2 rings (SSSR count). The first-order valence-corrected chi connectivity index (χ1v) is 7.19. The minimum Gasteiger partial charge on any atom is -0.507 e. The summed E-state index contributed by atoms with van der Waals surface area (Å²) in [4.78, 5) is 23.6. The lowest BCUT2D eigenvalue weighted by Gasteiger charge is -2.08. The predicted octanol–water partition coefficient (Wildman–Crippen LogP) is 1.50. The van der Waals surface area contributed by atoms with Crippen LogP contribution in [0.5, 0.6) is 17.2 Å². The van der Waals surface area contributed by atoms with Crippen molar-refractivity contribution in [2.24, 2.45) is 5.10 Å². The van der Waals surface area contributed by atoms with Crippen LogP contribution in [0.15, 0.2) is 47.6 Å². The lowest BCUT2D eigenvalue weighted by Crippen LogP contribution is -2.32. The Morgan fingerprint density at radius 2 is 1.84 bits per heavy atom. The molecule has 0 aliphatic heterocycles. The van der Waals surface area contributed by atoms with Crippen LogP contribution in [0.1, 0.15) is 5.56 Å². The number of para-hydroxylation sites is 2. The maximum Gasteiger partial charge on any atom is 0.329 e. The number of ether oxygens (including phenoxy) is 2. The number of phenolic OH excluding ortho intramolecular Hbond substituents is 1. The van der Waals surface area contributed by atoms with Gasteiger partial charge in [0.05, 0.1) is 26.1 Å². The molecule has 3 N–H and O–H groups in total. The van der Waals surface area contributed by atoms with E-state index in [1.54, 1.807) is 30.3 Å². The van der Waals surface area contributed by atoms with Crippen LogP contribution in [-0.4, -0.2) is 37.4 Å². The molecule has 0 heterocycles. The Kier molecular flexibility index (Phi) is 5.94. The second-order valence-electron chi connectivity index (χ2n) is 4.78. The number of aromatic hydroxyl groups is 1. The summed E-state index contributed by atoms with van der Waals surface area (Å²) in [6, 6.07) is 11.2. The summed E-state index contributed by atoms with van der Waals surface area (Å²) in [5.41, 5.74) is 2.76. The summed E-state index contributed by atoms with van der Waals surface area (Å²) in [5.74, 6) is -0.980. The number of hydrogen-bond acceptors (Lipinski definition) is 6. The van der Waals surface area contributed by atoms with Gasteiger partial charge >= 0.3 is 11.8 Å². The maximum absolute atomic E-state index is 11.9. The van der Waals surface area contributed by atoms with Gasteiger partial charge in [0.2, 0.25) is 0 Å². The van der Waals surface area contributed by atoms with Crippen LogP contribution in [0.3, 0.4) is 0 Å². The third-order valence-corrected chi connectivity index (χ3v) is 3.17. The van der Waals surface area contributed by atoms with Gasteiger partial charge in [0.15, 0.2) is 0 Å². The fourth-order valence-electron chi connectivity index (χ4n) is 1.90. The molecule has 0 saturated heterocycles. The highest BCUT2D eigenvalue weighted by Crippen LogP contribution is 2.23. The van der Waals surface area contributed by atoms with E-state index < -0.39 is 11.8 Å². The largest absolute Gasteiger partial charge is 0.507 e. The molecule has 0 aromatic heterocycles. The zero-order valence-corrected chi connectivity index (χ0v) is 13.6. The predicted molar refractivity (Wildman–Crippen MR) is 92.0 cm³/mol. The van der Waals surface area contributed by atoms with Gasteiger partial charge in [-0.05, 0) is 30.3 Å². The van der Waals surface area contributed by atoms with Crippen molar-refractivity contribution in [3.05, 3.63) is 48.0 Å². The van der Waals surface area contributed by atoms with Gasteiger partial charge in [-0.25, -0.2) is 5.43 Å². The lowest BCUT2D eigenvalue weighted by molar-refractivity contribution is -0.136. The molecule has 8 nitrogen and oxygen atoms in total. The van der Waals surface area contributed by atoms with Crippen LogP contribution < -0.4 is 20.2 Å². The normalized spacial score (nSPS) is 10.3. The van der Waals surface area contributed by atoms with E-state index in [-0.39, 0.29) is 5.75 Å². The van der Waals surface area contributed by atoms with Crippen molar-refractivity contribution in [3.8, 4) is 17.2 Å². The molecular formula is C17H17N3O5. The molecule has 0 unspecified atom stereocenters. The van der Waals surface area contributed by atoms with Crippen LogP contribution in [-0.2, 0) is 9.59 Å². The Hall–Kier alpha value is -3.55. The average Bonchev–Trinajstić information content (AvgIpc) is 2.63. The Bertz CT molecular complexity index is 805. The number of anilines is 1. The monoisotopic (exact) mass is 343 g/mol. The molecule has 2 aromatic carbocycles. The Labute approximate surface area is 144 Å². The van der Waals surface area contributed by atoms with E-state index in [1.807, 2.05) is 0 Å². The number of carbonyl (C=O) groups is 2. The second-order valence-corrected chi connectivity index (χ2v) is 4.78. The number of methoxy groups -OCH3 is 2. The molecule has 2 aromatic rings. The Morgan fingerprint density at radius 1 is 1.08 bits per heavy atom. The van der Waals surface area contributed by atoms with Gasteiger partial charge in [-0.2, -0.15) is 5.10 Å². The number of carbonyl (C=O) groups excluding carboxylic acids is 2. The molecule has 8 heteroatoms. The zero-order valence-electron chi connectivity index (χ0n) is 13.6. The molecule has 0 bridgehead atoms. The summed E-state index contributed by atoms with van der Waals surface area (Å²) in [6.45, 7) is 0. The third-order valence-electron chi connectivity index (χ3n) is 3.17. The van der Waals surface area contributed by atoms with Crippen molar-refractivity contribution < 1.29 is 24.2 Å². The molecule has 0 aliphatic carbocycles. The lowest BCUT2D eigenvalue weighted by atomic mass is 10.2. The van der Waals surface area contributed by atoms with Crippen LogP contribution in [0, 0.1) is 0 Å². The van der Waals surface area contributed by atoms with Crippen molar-refractivity contribution in [2.75, 3.05) is 19.5 Å². The van der Waals surface area contributed by atoms with Crippen LogP contribution in [0.25, 0.3) is 0 Å². The van der Waals surface area contributed by atoms with E-state index in [1.165, 1.54) is 32.6 Å². The van der Waals surface area contributed by atoms with E-state index in [2.05, 4.69) is 15.8 Å². The van der Waals surface area contributed by atoms with E-state index >= 15 is 0 Å². The number of amides is 2. The van der Waals surface area contributed by atoms with Crippen molar-refractivity contribution in [2.45, 2.75) is 0 Å². The summed E-state index contributed by atoms with van der Waals surface area (Å²) < 4.78 is 10.1. The van der Waals surface area contributed by atoms with E-state index in [0.717, 1.165) is 0 Å². The minimum atomic E-state index is -0.968.